The van der Waals surface area contributed by atoms with E-state index < -0.39 is 5.41 Å². The van der Waals surface area contributed by atoms with Gasteiger partial charge in [-0.1, -0.05) is 134 Å². The number of aromatic hydroxyl groups is 2. The number of rotatable bonds is 13. The summed E-state index contributed by atoms with van der Waals surface area (Å²) in [7, 11) is 0. The van der Waals surface area contributed by atoms with Crippen LogP contribution in [-0.4, -0.2) is 39.3 Å². The van der Waals surface area contributed by atoms with Gasteiger partial charge in [-0.05, 0) is 241 Å². The van der Waals surface area contributed by atoms with Gasteiger partial charge in [-0.25, -0.2) is 0 Å². The van der Waals surface area contributed by atoms with Crippen LogP contribution in [0.4, 0.5) is 0 Å². The summed E-state index contributed by atoms with van der Waals surface area (Å²) in [5.41, 5.74) is -0.237. The van der Waals surface area contributed by atoms with Crippen LogP contribution in [0, 0.1) is 58.9 Å². The minimum absolute atomic E-state index is 0. The molecule has 5 aliphatic carbocycles. The Morgan fingerprint density at radius 1 is 0.589 bits per heavy atom. The standard InChI is InChI=1S/C19H32O2.C14H26O2.C12H14I2O3.C10H14O.8CH4/c1-6-18(4,5)17(20)21-19(12(2)3)15-8-13-7-14(10-15)11-16(19)9-13;1-6-13(4,5)12(15)16-14(11(2)3)9-7-8-10-14;1-4-12(2,3)11(16)17-10-6-7(13)9(15)5-8(10)14;1-3-8(2)9-4-6-10(11)7-5-9;;;;;;;;/h12-16H,6-11H2,1-5H3;11H,6-10H2,1-5H3;5-6,15H,4H2,1-3H3;4-8,11H,3H2,1-2H3;8*1H4. The number of hydrogen-bond donors (Lipinski definition) is 2. The molecule has 2 aromatic carbocycles. The van der Waals surface area contributed by atoms with Crippen LogP contribution in [0.3, 0.4) is 0 Å². The van der Waals surface area contributed by atoms with E-state index in [0.29, 0.717) is 44.7 Å². The number of phenols is 2. The van der Waals surface area contributed by atoms with E-state index in [1.165, 1.54) is 50.5 Å². The fraction of sp³-hybridized carbons (Fsp3) is 0.762. The number of phenolic OH excluding ortho intramolecular Hbond substituents is 2. The van der Waals surface area contributed by atoms with Crippen molar-refractivity contribution in [1.82, 2.24) is 0 Å². The summed E-state index contributed by atoms with van der Waals surface area (Å²) in [4.78, 5) is 36.8. The van der Waals surface area contributed by atoms with Gasteiger partial charge in [0, 0.05) is 0 Å². The average Bonchev–Trinajstić information content (AvgIpc) is 3.74. The van der Waals surface area contributed by atoms with Crippen LogP contribution in [0.25, 0.3) is 0 Å². The number of hydrogen-bond acceptors (Lipinski definition) is 8. The van der Waals surface area contributed by atoms with Crippen molar-refractivity contribution in [1.29, 1.82) is 0 Å². The van der Waals surface area contributed by atoms with E-state index >= 15 is 0 Å². The second-order valence-electron chi connectivity index (χ2n) is 22.3. The lowest BCUT2D eigenvalue weighted by molar-refractivity contribution is -0.231. The Balaban J connectivity index is -0.000000202. The zero-order chi connectivity index (χ0) is 49.3. The van der Waals surface area contributed by atoms with Crippen molar-refractivity contribution in [2.45, 2.75) is 264 Å². The largest absolute Gasteiger partial charge is 0.508 e. The highest BCUT2D eigenvalue weighted by molar-refractivity contribution is 14.1. The SMILES string of the molecule is C.C.C.C.C.C.C.C.CCC(C)(C)C(=O)OC1(C(C)C)C2CC3CC(C2)CC1C3.CCC(C)(C)C(=O)OC1(C(C)C)CCCC1.CCC(C)(C)C(=O)Oc1cc(I)c(O)cc1I.CCC(C)c1ccc(O)cc1. The average molecular weight is 1260 g/mol. The maximum Gasteiger partial charge on any atom is 0.316 e. The molecule has 5 saturated carbocycles. The van der Waals surface area contributed by atoms with Crippen LogP contribution in [0.5, 0.6) is 17.2 Å². The Labute approximate surface area is 480 Å². The maximum atomic E-state index is 12.8. The first-order valence-corrected chi connectivity index (χ1v) is 27.0. The van der Waals surface area contributed by atoms with Crippen molar-refractivity contribution in [2.75, 3.05) is 0 Å². The summed E-state index contributed by atoms with van der Waals surface area (Å²) in [6.45, 7) is 31.0. The van der Waals surface area contributed by atoms with Crippen LogP contribution < -0.4 is 4.74 Å². The third kappa shape index (κ3) is 21.0. The van der Waals surface area contributed by atoms with Crippen LogP contribution in [-0.2, 0) is 23.9 Å². The molecule has 0 spiro atoms. The lowest BCUT2D eigenvalue weighted by atomic mass is 9.47. The van der Waals surface area contributed by atoms with Gasteiger partial charge in [-0.15, -0.1) is 0 Å². The fourth-order valence-corrected chi connectivity index (χ4v) is 10.8. The van der Waals surface area contributed by atoms with Crippen LogP contribution in [0.2, 0.25) is 0 Å². The van der Waals surface area contributed by atoms with E-state index in [-0.39, 0.29) is 105 Å². The summed E-state index contributed by atoms with van der Waals surface area (Å²) in [6.07, 6.45) is 14.6. The van der Waals surface area contributed by atoms with E-state index in [9.17, 15) is 19.5 Å². The molecular weight excluding hydrogens is 1140 g/mol. The van der Waals surface area contributed by atoms with Gasteiger partial charge in [-0.2, -0.15) is 0 Å². The fourth-order valence-electron chi connectivity index (χ4n) is 9.85. The maximum absolute atomic E-state index is 12.8. The predicted molar refractivity (Wildman–Crippen MR) is 335 cm³/mol. The number of ether oxygens (including phenoxy) is 3. The molecule has 0 saturated heterocycles. The monoisotopic (exact) mass is 1260 g/mol. The van der Waals surface area contributed by atoms with E-state index in [1.807, 2.05) is 113 Å². The molecule has 7 rings (SSSR count). The Morgan fingerprint density at radius 2 is 0.986 bits per heavy atom. The van der Waals surface area contributed by atoms with Crippen molar-refractivity contribution in [3.05, 3.63) is 49.1 Å². The van der Waals surface area contributed by atoms with Crippen LogP contribution in [0.1, 0.15) is 258 Å². The van der Waals surface area contributed by atoms with Gasteiger partial charge in [0.05, 0.1) is 23.4 Å². The molecule has 73 heavy (non-hydrogen) atoms. The van der Waals surface area contributed by atoms with Gasteiger partial charge in [0.25, 0.3) is 0 Å². The molecular formula is C63H118I2O8. The predicted octanol–water partition coefficient (Wildman–Crippen LogP) is 20.7. The molecule has 2 aromatic rings. The third-order valence-corrected chi connectivity index (χ3v) is 17.7. The number of benzene rings is 2. The summed E-state index contributed by atoms with van der Waals surface area (Å²) in [5.74, 6) is 5.31. The van der Waals surface area contributed by atoms with Crippen molar-refractivity contribution in [3.8, 4) is 17.2 Å². The summed E-state index contributed by atoms with van der Waals surface area (Å²) < 4.78 is 19.0. The molecule has 432 valence electrons. The van der Waals surface area contributed by atoms with E-state index in [2.05, 4.69) is 48.5 Å². The minimum atomic E-state index is -0.494. The normalized spacial score (nSPS) is 21.0. The molecule has 10 heteroatoms. The van der Waals surface area contributed by atoms with Crippen molar-refractivity contribution >= 4 is 63.1 Å². The molecule has 0 amide bonds. The Morgan fingerprint density at radius 3 is 1.36 bits per heavy atom. The molecule has 5 fully saturated rings. The first-order valence-electron chi connectivity index (χ1n) is 24.8. The summed E-state index contributed by atoms with van der Waals surface area (Å²) in [5, 5.41) is 18.5. The second-order valence-corrected chi connectivity index (χ2v) is 24.6. The van der Waals surface area contributed by atoms with E-state index in [1.54, 1.807) is 24.3 Å². The Hall–Kier alpha value is -2.09. The van der Waals surface area contributed by atoms with Crippen molar-refractivity contribution in [3.63, 3.8) is 0 Å². The molecule has 0 aromatic heterocycles. The first-order chi connectivity index (χ1) is 30.1. The van der Waals surface area contributed by atoms with Crippen molar-refractivity contribution in [2.24, 2.45) is 51.8 Å². The van der Waals surface area contributed by atoms with Gasteiger partial charge in [0.15, 0.2) is 0 Å². The topological polar surface area (TPSA) is 119 Å². The molecule has 5 aliphatic rings. The molecule has 8 nitrogen and oxygen atoms in total. The lowest BCUT2D eigenvalue weighted by Gasteiger charge is -2.62. The van der Waals surface area contributed by atoms with Gasteiger partial charge in [0.2, 0.25) is 0 Å². The molecule has 4 bridgehead atoms. The third-order valence-electron chi connectivity index (χ3n) is 16.0. The minimum Gasteiger partial charge on any atom is -0.508 e. The smallest absolute Gasteiger partial charge is 0.316 e. The Kier molecular flexibility index (Phi) is 39.0. The zero-order valence-corrected chi connectivity index (χ0v) is 47.1. The van der Waals surface area contributed by atoms with Crippen LogP contribution >= 0.6 is 45.2 Å². The van der Waals surface area contributed by atoms with Gasteiger partial charge in [0.1, 0.15) is 28.5 Å². The number of halogens is 2. The molecule has 0 radical (unpaired) electrons. The number of esters is 3. The Bertz CT molecular complexity index is 1830. The molecule has 0 aliphatic heterocycles. The van der Waals surface area contributed by atoms with E-state index in [4.69, 9.17) is 19.3 Å². The first kappa shape index (κ1) is 82.3. The molecule has 1 unspecified atom stereocenters. The van der Waals surface area contributed by atoms with Gasteiger partial charge in [-0.3, -0.25) is 14.4 Å². The highest BCUT2D eigenvalue weighted by atomic mass is 127. The van der Waals surface area contributed by atoms with Gasteiger partial charge < -0.3 is 24.4 Å². The molecule has 0 heterocycles. The summed E-state index contributed by atoms with van der Waals surface area (Å²) in [6, 6.07) is 10.7. The lowest BCUT2D eigenvalue weighted by Crippen LogP contribution is -2.63. The molecule has 1 atom stereocenters. The van der Waals surface area contributed by atoms with Gasteiger partial charge >= 0.3 is 17.9 Å². The van der Waals surface area contributed by atoms with E-state index in [0.717, 1.165) is 53.9 Å². The number of carbonyl (C=O) groups excluding carboxylic acids is 3. The zero-order valence-electron chi connectivity index (χ0n) is 42.8. The molecule has 2 N–H and O–H groups in total. The quantitative estimate of drug-likeness (QED) is 0.116. The summed E-state index contributed by atoms with van der Waals surface area (Å²) >= 11 is 4.03. The van der Waals surface area contributed by atoms with Crippen molar-refractivity contribution < 1.29 is 38.8 Å². The highest BCUT2D eigenvalue weighted by Crippen LogP contribution is 2.62. The second kappa shape index (κ2) is 34.6. The van der Waals surface area contributed by atoms with Crippen LogP contribution in [0.15, 0.2) is 36.4 Å². The highest BCUT2D eigenvalue weighted by Gasteiger charge is 2.61. The number of carbonyl (C=O) groups is 3.